The molecular weight excluding hydrogens is 286 g/mol. The van der Waals surface area contributed by atoms with E-state index in [0.29, 0.717) is 16.4 Å². The Morgan fingerprint density at radius 2 is 2.10 bits per heavy atom. The van der Waals surface area contributed by atoms with E-state index in [1.165, 1.54) is 11.3 Å². The number of nitrogens with one attached hydrogen (secondary N) is 1. The predicted molar refractivity (Wildman–Crippen MR) is 82.2 cm³/mol. The Bertz CT molecular complexity index is 678. The molecule has 5 nitrogen and oxygen atoms in total. The van der Waals surface area contributed by atoms with Crippen LogP contribution >= 0.6 is 11.3 Å². The largest absolute Gasteiger partial charge is 0.444 e. The molecule has 0 aromatic carbocycles. The minimum absolute atomic E-state index is 0.401. The Morgan fingerprint density at radius 3 is 2.76 bits per heavy atom. The van der Waals surface area contributed by atoms with Gasteiger partial charge < -0.3 is 4.74 Å². The maximum atomic E-state index is 11.7. The lowest BCUT2D eigenvalue weighted by Gasteiger charge is -2.19. The predicted octanol–water partition coefficient (Wildman–Crippen LogP) is 3.28. The van der Waals surface area contributed by atoms with E-state index in [4.69, 9.17) is 4.74 Å². The third kappa shape index (κ3) is 4.89. The first-order chi connectivity index (χ1) is 9.94. The second-order valence-corrected chi connectivity index (χ2v) is 5.98. The van der Waals surface area contributed by atoms with Gasteiger partial charge in [-0.15, -0.1) is 11.3 Å². The first-order valence-corrected chi connectivity index (χ1v) is 7.18. The van der Waals surface area contributed by atoms with Crippen molar-refractivity contribution in [2.75, 3.05) is 5.32 Å². The van der Waals surface area contributed by atoms with Gasteiger partial charge in [0.2, 0.25) is 0 Å². The fourth-order valence-electron chi connectivity index (χ4n) is 1.38. The molecule has 0 aliphatic heterocycles. The van der Waals surface area contributed by atoms with Gasteiger partial charge in [-0.3, -0.25) is 5.32 Å². The number of pyridine rings is 1. The van der Waals surface area contributed by atoms with Gasteiger partial charge in [0.05, 0.1) is 5.51 Å². The molecule has 0 aliphatic carbocycles. The van der Waals surface area contributed by atoms with E-state index in [2.05, 4.69) is 27.1 Å². The molecule has 2 aromatic rings. The van der Waals surface area contributed by atoms with Crippen LogP contribution in [0.4, 0.5) is 10.6 Å². The van der Waals surface area contributed by atoms with Gasteiger partial charge in [-0.2, -0.15) is 0 Å². The van der Waals surface area contributed by atoms with Crippen LogP contribution < -0.4 is 5.32 Å². The Kier molecular flexibility index (Phi) is 4.55. The molecule has 2 aromatic heterocycles. The first-order valence-electron chi connectivity index (χ1n) is 6.30. The number of amides is 1. The van der Waals surface area contributed by atoms with Crippen LogP contribution in [0.5, 0.6) is 0 Å². The van der Waals surface area contributed by atoms with Crippen LogP contribution in [0, 0.1) is 11.8 Å². The number of anilines is 1. The SMILES string of the molecule is CC(C)(C)OC(=O)Nc1ncsc1C#Cc1ccccn1. The van der Waals surface area contributed by atoms with Gasteiger partial charge in [0.15, 0.2) is 5.82 Å². The number of ether oxygens (including phenoxy) is 1. The van der Waals surface area contributed by atoms with E-state index in [9.17, 15) is 4.79 Å². The zero-order chi connectivity index (χ0) is 15.3. The Labute approximate surface area is 127 Å². The molecule has 0 fully saturated rings. The number of nitrogens with zero attached hydrogens (tertiary/aromatic N) is 2. The zero-order valence-corrected chi connectivity index (χ0v) is 12.8. The van der Waals surface area contributed by atoms with E-state index in [1.54, 1.807) is 32.5 Å². The Morgan fingerprint density at radius 1 is 1.29 bits per heavy atom. The lowest BCUT2D eigenvalue weighted by Crippen LogP contribution is -2.27. The minimum Gasteiger partial charge on any atom is -0.444 e. The maximum absolute atomic E-state index is 11.7. The van der Waals surface area contributed by atoms with Crippen LogP contribution in [0.2, 0.25) is 0 Å². The molecule has 1 N–H and O–H groups in total. The third-order valence-electron chi connectivity index (χ3n) is 2.16. The summed E-state index contributed by atoms with van der Waals surface area (Å²) >= 11 is 1.35. The average Bonchev–Trinajstić information content (AvgIpc) is 2.82. The highest BCUT2D eigenvalue weighted by molar-refractivity contribution is 7.10. The standard InChI is InChI=1S/C15H15N3O2S/c1-15(2,3)20-14(19)18-13-12(21-10-17-13)8-7-11-6-4-5-9-16-11/h4-6,9-10H,1-3H3,(H,18,19). The molecule has 2 heterocycles. The van der Waals surface area contributed by atoms with Crippen LogP contribution in [0.3, 0.4) is 0 Å². The van der Waals surface area contributed by atoms with Crippen LogP contribution in [0.1, 0.15) is 31.3 Å². The molecule has 2 rings (SSSR count). The molecule has 0 aliphatic rings. The summed E-state index contributed by atoms with van der Waals surface area (Å²) in [6.45, 7) is 5.40. The average molecular weight is 301 g/mol. The summed E-state index contributed by atoms with van der Waals surface area (Å²) in [6, 6.07) is 5.51. The number of rotatable bonds is 1. The number of carbonyl (C=O) groups excluding carboxylic acids is 1. The molecular formula is C15H15N3O2S. The highest BCUT2D eigenvalue weighted by Crippen LogP contribution is 2.18. The second kappa shape index (κ2) is 6.37. The van der Waals surface area contributed by atoms with Gasteiger partial charge in [0, 0.05) is 6.20 Å². The monoisotopic (exact) mass is 301 g/mol. The van der Waals surface area contributed by atoms with Gasteiger partial charge in [0.1, 0.15) is 16.2 Å². The number of carbonyl (C=O) groups is 1. The van der Waals surface area contributed by atoms with Crippen molar-refractivity contribution in [1.82, 2.24) is 9.97 Å². The number of thiazole rings is 1. The molecule has 0 spiro atoms. The summed E-state index contributed by atoms with van der Waals surface area (Å²) in [5, 5.41) is 2.60. The summed E-state index contributed by atoms with van der Waals surface area (Å²) in [6.07, 6.45) is 1.13. The van der Waals surface area contributed by atoms with Crippen molar-refractivity contribution in [3.63, 3.8) is 0 Å². The smallest absolute Gasteiger partial charge is 0.413 e. The number of hydrogen-bond donors (Lipinski definition) is 1. The quantitative estimate of drug-likeness (QED) is 0.821. The van der Waals surface area contributed by atoms with Crippen molar-refractivity contribution in [3.8, 4) is 11.8 Å². The fourth-order valence-corrected chi connectivity index (χ4v) is 1.97. The summed E-state index contributed by atoms with van der Waals surface area (Å²) in [5.74, 6) is 6.28. The normalized spacial score (nSPS) is 10.4. The van der Waals surface area contributed by atoms with Gasteiger partial charge >= 0.3 is 6.09 Å². The molecule has 0 radical (unpaired) electrons. The molecule has 6 heteroatoms. The van der Waals surface area contributed by atoms with Crippen molar-refractivity contribution in [2.45, 2.75) is 26.4 Å². The zero-order valence-electron chi connectivity index (χ0n) is 12.0. The molecule has 1 amide bonds. The second-order valence-electron chi connectivity index (χ2n) is 5.12. The Hall–Kier alpha value is -2.39. The molecule has 0 saturated carbocycles. The summed E-state index contributed by atoms with van der Waals surface area (Å²) < 4.78 is 5.18. The highest BCUT2D eigenvalue weighted by Gasteiger charge is 2.17. The van der Waals surface area contributed by atoms with Gasteiger partial charge in [-0.1, -0.05) is 6.07 Å². The van der Waals surface area contributed by atoms with Crippen molar-refractivity contribution in [1.29, 1.82) is 0 Å². The topological polar surface area (TPSA) is 64.1 Å². The van der Waals surface area contributed by atoms with Gasteiger partial charge in [0.25, 0.3) is 0 Å². The van der Waals surface area contributed by atoms with Crippen LogP contribution in [0.25, 0.3) is 0 Å². The van der Waals surface area contributed by atoms with Crippen LogP contribution in [-0.2, 0) is 4.74 Å². The molecule has 21 heavy (non-hydrogen) atoms. The highest BCUT2D eigenvalue weighted by atomic mass is 32.1. The van der Waals surface area contributed by atoms with Gasteiger partial charge in [-0.05, 0) is 44.7 Å². The Balaban J connectivity index is 2.09. The lowest BCUT2D eigenvalue weighted by molar-refractivity contribution is 0.0635. The molecule has 0 bridgehead atoms. The van der Waals surface area contributed by atoms with Crippen molar-refractivity contribution >= 4 is 23.2 Å². The van der Waals surface area contributed by atoms with E-state index >= 15 is 0 Å². The fraction of sp³-hybridized carbons (Fsp3) is 0.267. The van der Waals surface area contributed by atoms with Crippen LogP contribution in [0.15, 0.2) is 29.9 Å². The van der Waals surface area contributed by atoms with Crippen LogP contribution in [-0.4, -0.2) is 21.7 Å². The van der Waals surface area contributed by atoms with E-state index in [-0.39, 0.29) is 0 Å². The summed E-state index contributed by atoms with van der Waals surface area (Å²) in [7, 11) is 0. The van der Waals surface area contributed by atoms with E-state index in [1.807, 2.05) is 18.2 Å². The maximum Gasteiger partial charge on any atom is 0.413 e. The number of hydrogen-bond acceptors (Lipinski definition) is 5. The molecule has 0 atom stereocenters. The molecule has 0 saturated heterocycles. The van der Waals surface area contributed by atoms with E-state index < -0.39 is 11.7 Å². The summed E-state index contributed by atoms with van der Waals surface area (Å²) in [4.78, 5) is 20.6. The lowest BCUT2D eigenvalue weighted by atomic mass is 10.2. The van der Waals surface area contributed by atoms with E-state index in [0.717, 1.165) is 0 Å². The number of aromatic nitrogens is 2. The van der Waals surface area contributed by atoms with Gasteiger partial charge in [-0.25, -0.2) is 14.8 Å². The summed E-state index contributed by atoms with van der Waals surface area (Å²) in [5.41, 5.74) is 1.73. The molecule has 108 valence electrons. The van der Waals surface area contributed by atoms with Crippen molar-refractivity contribution < 1.29 is 9.53 Å². The first kappa shape index (κ1) is 15.0. The minimum atomic E-state index is -0.556. The van der Waals surface area contributed by atoms with Crippen molar-refractivity contribution in [2.24, 2.45) is 0 Å². The molecule has 0 unspecified atom stereocenters. The third-order valence-corrected chi connectivity index (χ3v) is 2.90. The van der Waals surface area contributed by atoms with Crippen molar-refractivity contribution in [3.05, 3.63) is 40.5 Å².